The highest BCUT2D eigenvalue weighted by atomic mass is 79.9. The molecule has 1 aliphatic rings. The molecule has 0 radical (unpaired) electrons. The van der Waals surface area contributed by atoms with Crippen LogP contribution in [0.1, 0.15) is 31.0 Å². The number of rotatable bonds is 7. The number of allylic oxidation sites excluding steroid dienone is 1. The van der Waals surface area contributed by atoms with Crippen molar-refractivity contribution < 1.29 is 23.7 Å². The number of carbonyl (C=O) groups excluding carboxylic acids is 1. The highest BCUT2D eigenvalue weighted by Gasteiger charge is 2.36. The number of carbonyl (C=O) groups is 1. The standard InChI is InChI=1S/C30H27BrN2O6S/c1-6-39-29(35)24-16(2)32-30-33(26(24)25-19-10-8-7-9-18(19)11-12-21(25)36-3)28(34)23(40-30)15-17-13-20(31)27(38-5)22(14-17)37-4/h7-15,26H,6H2,1-5H3/b23-15-/t26-/m1/s1. The van der Waals surface area contributed by atoms with Crippen molar-refractivity contribution >= 4 is 50.1 Å². The Labute approximate surface area is 242 Å². The van der Waals surface area contributed by atoms with Crippen LogP contribution in [0.15, 0.2) is 74.1 Å². The molecule has 40 heavy (non-hydrogen) atoms. The minimum atomic E-state index is -0.810. The van der Waals surface area contributed by atoms with Gasteiger partial charge in [0.25, 0.3) is 5.56 Å². The third-order valence-corrected chi connectivity index (χ3v) is 8.27. The largest absolute Gasteiger partial charge is 0.496 e. The third kappa shape index (κ3) is 4.71. The second-order valence-electron chi connectivity index (χ2n) is 8.94. The van der Waals surface area contributed by atoms with E-state index in [1.54, 1.807) is 51.9 Å². The molecule has 1 aromatic heterocycles. The van der Waals surface area contributed by atoms with E-state index >= 15 is 0 Å². The zero-order valence-electron chi connectivity index (χ0n) is 22.6. The molecule has 4 aromatic rings. The molecule has 206 valence electrons. The summed E-state index contributed by atoms with van der Waals surface area (Å²) in [4.78, 5) is 32.7. The lowest BCUT2D eigenvalue weighted by Crippen LogP contribution is -2.40. The van der Waals surface area contributed by atoms with Crippen molar-refractivity contribution in [2.24, 2.45) is 4.99 Å². The molecular formula is C30H27BrN2O6S. The van der Waals surface area contributed by atoms with Crippen LogP contribution >= 0.6 is 27.3 Å². The lowest BCUT2D eigenvalue weighted by Gasteiger charge is -2.27. The minimum absolute atomic E-state index is 0.188. The topological polar surface area (TPSA) is 88.4 Å². The number of hydrogen-bond donors (Lipinski definition) is 0. The van der Waals surface area contributed by atoms with Crippen LogP contribution in [0.3, 0.4) is 0 Å². The summed E-state index contributed by atoms with van der Waals surface area (Å²) in [7, 11) is 4.69. The Kier molecular flexibility index (Phi) is 7.82. The van der Waals surface area contributed by atoms with Crippen LogP contribution in [-0.2, 0) is 9.53 Å². The fourth-order valence-corrected chi connectivity index (χ4v) is 6.64. The molecule has 0 aliphatic carbocycles. The minimum Gasteiger partial charge on any atom is -0.496 e. The average molecular weight is 624 g/mol. The van der Waals surface area contributed by atoms with Crippen molar-refractivity contribution in [1.82, 2.24) is 4.57 Å². The van der Waals surface area contributed by atoms with Crippen LogP contribution in [0.2, 0.25) is 0 Å². The Hall–Kier alpha value is -3.89. The van der Waals surface area contributed by atoms with E-state index in [2.05, 4.69) is 20.9 Å². The van der Waals surface area contributed by atoms with Gasteiger partial charge < -0.3 is 18.9 Å². The van der Waals surface area contributed by atoms with Gasteiger partial charge in [-0.25, -0.2) is 9.79 Å². The van der Waals surface area contributed by atoms with E-state index in [4.69, 9.17) is 18.9 Å². The van der Waals surface area contributed by atoms with Crippen molar-refractivity contribution in [1.29, 1.82) is 0 Å². The summed E-state index contributed by atoms with van der Waals surface area (Å²) in [5.41, 5.74) is 1.92. The van der Waals surface area contributed by atoms with Gasteiger partial charge in [0.2, 0.25) is 0 Å². The van der Waals surface area contributed by atoms with E-state index in [1.807, 2.05) is 42.5 Å². The van der Waals surface area contributed by atoms with Crippen molar-refractivity contribution in [3.63, 3.8) is 0 Å². The van der Waals surface area contributed by atoms with Crippen LogP contribution in [0.4, 0.5) is 0 Å². The number of methoxy groups -OCH3 is 3. The Balaban J connectivity index is 1.82. The molecule has 0 amide bonds. The van der Waals surface area contributed by atoms with Crippen molar-refractivity contribution in [2.75, 3.05) is 27.9 Å². The van der Waals surface area contributed by atoms with Crippen molar-refractivity contribution in [2.45, 2.75) is 19.9 Å². The fraction of sp³-hybridized carbons (Fsp3) is 0.233. The van der Waals surface area contributed by atoms with E-state index in [0.717, 1.165) is 16.3 Å². The Morgan fingerprint density at radius 2 is 1.82 bits per heavy atom. The van der Waals surface area contributed by atoms with Crippen LogP contribution in [0, 0.1) is 0 Å². The lowest BCUT2D eigenvalue weighted by molar-refractivity contribution is -0.139. The summed E-state index contributed by atoms with van der Waals surface area (Å²) in [6.07, 6.45) is 1.78. The predicted octanol–water partition coefficient (Wildman–Crippen LogP) is 4.74. The first kappa shape index (κ1) is 27.7. The zero-order chi connectivity index (χ0) is 28.6. The van der Waals surface area contributed by atoms with Gasteiger partial charge in [0.15, 0.2) is 16.3 Å². The second kappa shape index (κ2) is 11.3. The summed E-state index contributed by atoms with van der Waals surface area (Å²) < 4.78 is 24.9. The molecule has 1 aliphatic heterocycles. The number of nitrogens with zero attached hydrogens (tertiary/aromatic N) is 2. The third-order valence-electron chi connectivity index (χ3n) is 6.69. The zero-order valence-corrected chi connectivity index (χ0v) is 25.0. The number of benzene rings is 3. The van der Waals surface area contributed by atoms with E-state index in [0.29, 0.717) is 47.9 Å². The number of ether oxygens (including phenoxy) is 4. The molecule has 0 unspecified atom stereocenters. The molecule has 5 rings (SSSR count). The first-order valence-corrected chi connectivity index (χ1v) is 14.1. The van der Waals surface area contributed by atoms with E-state index in [9.17, 15) is 9.59 Å². The van der Waals surface area contributed by atoms with Gasteiger partial charge in [0.05, 0.1) is 48.2 Å². The first-order chi connectivity index (χ1) is 19.3. The van der Waals surface area contributed by atoms with Gasteiger partial charge in [-0.3, -0.25) is 9.36 Å². The first-order valence-electron chi connectivity index (χ1n) is 12.5. The lowest BCUT2D eigenvalue weighted by atomic mass is 9.90. The summed E-state index contributed by atoms with van der Waals surface area (Å²) in [5, 5.41) is 1.82. The van der Waals surface area contributed by atoms with Crippen molar-refractivity contribution in [3.05, 3.63) is 95.1 Å². The highest BCUT2D eigenvalue weighted by molar-refractivity contribution is 9.10. The maximum Gasteiger partial charge on any atom is 0.338 e. The van der Waals surface area contributed by atoms with E-state index in [-0.39, 0.29) is 12.2 Å². The molecule has 0 spiro atoms. The van der Waals surface area contributed by atoms with Gasteiger partial charge in [0, 0.05) is 5.56 Å². The van der Waals surface area contributed by atoms with Gasteiger partial charge in [-0.05, 0) is 70.4 Å². The summed E-state index contributed by atoms with van der Waals surface area (Å²) in [6, 6.07) is 14.4. The fourth-order valence-electron chi connectivity index (χ4n) is 4.97. The average Bonchev–Trinajstić information content (AvgIpc) is 3.25. The number of fused-ring (bicyclic) bond motifs is 2. The van der Waals surface area contributed by atoms with Gasteiger partial charge >= 0.3 is 5.97 Å². The number of halogens is 1. The number of esters is 1. The molecule has 3 aromatic carbocycles. The second-order valence-corrected chi connectivity index (χ2v) is 10.8. The quantitative estimate of drug-likeness (QED) is 0.277. The molecule has 2 heterocycles. The summed E-state index contributed by atoms with van der Waals surface area (Å²) in [5.74, 6) is 1.11. The molecule has 0 fully saturated rings. The molecule has 10 heteroatoms. The number of hydrogen-bond acceptors (Lipinski definition) is 8. The molecule has 0 bridgehead atoms. The maximum atomic E-state index is 14.1. The number of aromatic nitrogens is 1. The van der Waals surface area contributed by atoms with Gasteiger partial charge in [-0.2, -0.15) is 0 Å². The number of thiazole rings is 1. The Morgan fingerprint density at radius 1 is 1.07 bits per heavy atom. The molecule has 0 N–H and O–H groups in total. The molecule has 8 nitrogen and oxygen atoms in total. The normalized spacial score (nSPS) is 15.1. The van der Waals surface area contributed by atoms with Crippen LogP contribution in [0.5, 0.6) is 17.2 Å². The maximum absolute atomic E-state index is 14.1. The molecule has 1 atom stereocenters. The van der Waals surface area contributed by atoms with Crippen LogP contribution < -0.4 is 29.1 Å². The SMILES string of the molecule is CCOC(=O)C1=C(C)N=c2s/c(=C\c3cc(Br)c(OC)c(OC)c3)c(=O)n2[C@H]1c1c(OC)ccc2ccccc12. The van der Waals surface area contributed by atoms with E-state index < -0.39 is 12.0 Å². The molecule has 0 saturated heterocycles. The van der Waals surface area contributed by atoms with Crippen LogP contribution in [-0.4, -0.2) is 38.5 Å². The predicted molar refractivity (Wildman–Crippen MR) is 158 cm³/mol. The van der Waals surface area contributed by atoms with Crippen molar-refractivity contribution in [3.8, 4) is 17.2 Å². The Bertz CT molecular complexity index is 1860. The Morgan fingerprint density at radius 3 is 2.52 bits per heavy atom. The smallest absolute Gasteiger partial charge is 0.338 e. The van der Waals surface area contributed by atoms with Gasteiger partial charge in [-0.15, -0.1) is 0 Å². The summed E-state index contributed by atoms with van der Waals surface area (Å²) >= 11 is 4.77. The molecule has 0 saturated carbocycles. The van der Waals surface area contributed by atoms with E-state index in [1.165, 1.54) is 11.3 Å². The van der Waals surface area contributed by atoms with Gasteiger partial charge in [0.1, 0.15) is 11.8 Å². The van der Waals surface area contributed by atoms with Crippen LogP contribution in [0.25, 0.3) is 16.8 Å². The van der Waals surface area contributed by atoms with Gasteiger partial charge in [-0.1, -0.05) is 41.7 Å². The highest BCUT2D eigenvalue weighted by Crippen LogP contribution is 2.40. The monoisotopic (exact) mass is 622 g/mol. The molecular weight excluding hydrogens is 596 g/mol. The summed E-state index contributed by atoms with van der Waals surface area (Å²) in [6.45, 7) is 3.70.